The van der Waals surface area contributed by atoms with Crippen molar-refractivity contribution < 1.29 is 9.50 Å². The Morgan fingerprint density at radius 3 is 2.88 bits per heavy atom. The van der Waals surface area contributed by atoms with Gasteiger partial charge in [0, 0.05) is 11.8 Å². The van der Waals surface area contributed by atoms with E-state index < -0.39 is 5.82 Å². The number of nitrogens with one attached hydrogen (secondary N) is 2. The van der Waals surface area contributed by atoms with Crippen molar-refractivity contribution in [3.05, 3.63) is 72.2 Å². The number of aliphatic hydroxyl groups excluding tert-OH is 1. The first-order valence-electron chi connectivity index (χ1n) is 7.70. The molecule has 0 atom stereocenters. The van der Waals surface area contributed by atoms with E-state index in [9.17, 15) is 4.39 Å². The molecule has 0 spiro atoms. The van der Waals surface area contributed by atoms with Gasteiger partial charge in [0.2, 0.25) is 5.95 Å². The topological polar surface area (TPSA) is 87.9 Å². The quantitative estimate of drug-likeness (QED) is 0.589. The maximum atomic E-state index is 13.9. The molecule has 7 nitrogen and oxygen atoms in total. The van der Waals surface area contributed by atoms with Crippen molar-refractivity contribution in [1.29, 1.82) is 0 Å². The third-order valence-corrected chi connectivity index (χ3v) is 3.71. The molecule has 3 aromatic rings. The molecule has 134 valence electrons. The number of rotatable bonds is 7. The van der Waals surface area contributed by atoms with Crippen LogP contribution in [0.1, 0.15) is 5.56 Å². The van der Waals surface area contributed by atoms with Gasteiger partial charge < -0.3 is 15.7 Å². The van der Waals surface area contributed by atoms with Crippen LogP contribution in [0.4, 0.5) is 21.8 Å². The second kappa shape index (κ2) is 8.11. The van der Waals surface area contributed by atoms with Gasteiger partial charge in [-0.1, -0.05) is 29.8 Å². The van der Waals surface area contributed by atoms with Crippen LogP contribution in [-0.2, 0) is 6.54 Å². The van der Waals surface area contributed by atoms with Gasteiger partial charge in [0.1, 0.15) is 10.8 Å². The molecule has 3 rings (SSSR count). The molecular weight excluding hydrogens is 359 g/mol. The maximum absolute atomic E-state index is 13.9. The first-order chi connectivity index (χ1) is 12.6. The number of hydrogen-bond acceptors (Lipinski definition) is 6. The van der Waals surface area contributed by atoms with Crippen LogP contribution in [0.25, 0.3) is 0 Å². The Morgan fingerprint density at radius 2 is 2.12 bits per heavy atom. The lowest BCUT2D eigenvalue weighted by atomic mass is 10.1. The number of aliphatic hydroxyl groups is 1. The fraction of sp³-hybridized carbons (Fsp3) is 0.118. The van der Waals surface area contributed by atoms with Gasteiger partial charge >= 0.3 is 0 Å². The van der Waals surface area contributed by atoms with Crippen LogP contribution in [0, 0.1) is 18.8 Å². The number of aromatic nitrogens is 4. The molecule has 2 heterocycles. The molecule has 2 radical (unpaired) electrons. The predicted molar refractivity (Wildman–Crippen MR) is 97.4 cm³/mol. The average molecular weight is 375 g/mol. The summed E-state index contributed by atoms with van der Waals surface area (Å²) in [6.45, 7) is 4.21. The zero-order valence-corrected chi connectivity index (χ0v) is 14.4. The minimum Gasteiger partial charge on any atom is -0.394 e. The van der Waals surface area contributed by atoms with Crippen LogP contribution < -0.4 is 10.6 Å². The fourth-order valence-electron chi connectivity index (χ4n) is 2.21. The number of benzene rings is 1. The highest BCUT2D eigenvalue weighted by Crippen LogP contribution is 2.26. The lowest BCUT2D eigenvalue weighted by Crippen LogP contribution is -2.12. The van der Waals surface area contributed by atoms with Crippen LogP contribution in [0.3, 0.4) is 0 Å². The molecule has 0 aliphatic rings. The zero-order chi connectivity index (χ0) is 18.5. The molecule has 1 aromatic carbocycles. The molecule has 0 saturated carbocycles. The van der Waals surface area contributed by atoms with E-state index in [1.54, 1.807) is 35.3 Å². The van der Waals surface area contributed by atoms with E-state index >= 15 is 0 Å². The maximum Gasteiger partial charge on any atom is 0.229 e. The van der Waals surface area contributed by atoms with Crippen LogP contribution in [0.2, 0.25) is 5.02 Å². The lowest BCUT2D eigenvalue weighted by molar-refractivity contribution is 0.269. The Balaban J connectivity index is 1.75. The van der Waals surface area contributed by atoms with E-state index in [4.69, 9.17) is 16.7 Å². The van der Waals surface area contributed by atoms with Crippen molar-refractivity contribution in [2.75, 3.05) is 17.2 Å². The van der Waals surface area contributed by atoms with Crippen LogP contribution in [0.5, 0.6) is 0 Å². The van der Waals surface area contributed by atoms with E-state index in [0.717, 1.165) is 0 Å². The molecule has 0 amide bonds. The Kier molecular flexibility index (Phi) is 5.65. The Bertz CT molecular complexity index is 887. The minimum atomic E-state index is -0.398. The van der Waals surface area contributed by atoms with Crippen molar-refractivity contribution in [3.63, 3.8) is 0 Å². The molecule has 26 heavy (non-hydrogen) atoms. The molecule has 3 N–H and O–H groups in total. The van der Waals surface area contributed by atoms with Crippen LogP contribution in [-0.4, -0.2) is 31.5 Å². The molecule has 0 unspecified atom stereocenters. The van der Waals surface area contributed by atoms with E-state index in [1.807, 2.05) is 0 Å². The van der Waals surface area contributed by atoms with Gasteiger partial charge in [-0.2, -0.15) is 10.1 Å². The van der Waals surface area contributed by atoms with Crippen molar-refractivity contribution in [2.24, 2.45) is 0 Å². The smallest absolute Gasteiger partial charge is 0.229 e. The average Bonchev–Trinajstić information content (AvgIpc) is 3.05. The fourth-order valence-corrected chi connectivity index (χ4v) is 2.35. The van der Waals surface area contributed by atoms with Crippen molar-refractivity contribution in [2.45, 2.75) is 6.54 Å². The highest BCUT2D eigenvalue weighted by molar-refractivity contribution is 6.32. The first kappa shape index (κ1) is 18.1. The summed E-state index contributed by atoms with van der Waals surface area (Å²) in [4.78, 5) is 8.39. The summed E-state index contributed by atoms with van der Waals surface area (Å²) in [6, 6.07) is 6.59. The van der Waals surface area contributed by atoms with Crippen molar-refractivity contribution >= 4 is 29.1 Å². The molecule has 0 bridgehead atoms. The summed E-state index contributed by atoms with van der Waals surface area (Å²) in [6.07, 6.45) is 4.71. The van der Waals surface area contributed by atoms with Crippen molar-refractivity contribution in [3.8, 4) is 0 Å². The molecule has 2 aromatic heterocycles. The summed E-state index contributed by atoms with van der Waals surface area (Å²) in [7, 11) is 0. The summed E-state index contributed by atoms with van der Waals surface area (Å²) >= 11 is 6.12. The summed E-state index contributed by atoms with van der Waals surface area (Å²) in [5, 5.41) is 19.2. The number of halogens is 2. The van der Waals surface area contributed by atoms with E-state index in [-0.39, 0.29) is 17.6 Å². The predicted octanol–water partition coefficient (Wildman–Crippen LogP) is 3.03. The highest BCUT2D eigenvalue weighted by Gasteiger charge is 2.15. The first-order valence-corrected chi connectivity index (χ1v) is 8.08. The normalized spacial score (nSPS) is 11.0. The van der Waals surface area contributed by atoms with Crippen LogP contribution in [0.15, 0.2) is 42.9 Å². The van der Waals surface area contributed by atoms with Gasteiger partial charge in [0.15, 0.2) is 5.82 Å². The van der Waals surface area contributed by atoms with E-state index in [0.29, 0.717) is 29.7 Å². The molecule has 0 fully saturated rings. The van der Waals surface area contributed by atoms with Crippen molar-refractivity contribution in [1.82, 2.24) is 19.7 Å². The number of nitrogens with zero attached hydrogens (tertiary/aromatic N) is 4. The lowest BCUT2D eigenvalue weighted by Gasteiger charge is -2.15. The minimum absolute atomic E-state index is 0.00914. The van der Waals surface area contributed by atoms with Crippen LogP contribution >= 0.6 is 11.6 Å². The van der Waals surface area contributed by atoms with Gasteiger partial charge in [-0.15, -0.1) is 0 Å². The Labute approximate surface area is 154 Å². The third kappa shape index (κ3) is 4.27. The highest BCUT2D eigenvalue weighted by atomic mass is 35.5. The molecule has 0 aliphatic heterocycles. The number of anilines is 3. The molecule has 0 saturated heterocycles. The molecular formula is C17H16ClFN6O. The monoisotopic (exact) mass is 374 g/mol. The summed E-state index contributed by atoms with van der Waals surface area (Å²) < 4.78 is 15.5. The Hall–Kier alpha value is -2.71. The van der Waals surface area contributed by atoms with Gasteiger partial charge in [-0.25, -0.2) is 9.37 Å². The largest absolute Gasteiger partial charge is 0.394 e. The van der Waals surface area contributed by atoms with Gasteiger partial charge in [0.25, 0.3) is 0 Å². The second-order valence-electron chi connectivity index (χ2n) is 5.31. The SMILES string of the molecule is [CH2][C](Nc1nc(Nc2cnn(CCO)c2)ncc1Cl)c1ccccc1F. The Morgan fingerprint density at radius 1 is 1.31 bits per heavy atom. The van der Waals surface area contributed by atoms with Gasteiger partial charge in [0.05, 0.1) is 37.3 Å². The molecule has 9 heteroatoms. The molecule has 0 aliphatic carbocycles. The second-order valence-corrected chi connectivity index (χ2v) is 5.72. The third-order valence-electron chi connectivity index (χ3n) is 3.43. The standard InChI is InChI=1S/C17H16ClFN6O/c1-11(13-4-2-3-5-15(13)19)22-16-14(18)9-20-17(24-16)23-12-8-21-25(10-12)6-7-26/h2-5,8-10,26H,1,6-7H2,(H2,20,22,23,24). The van der Waals surface area contributed by atoms with Gasteiger partial charge in [-0.05, 0) is 13.0 Å². The van der Waals surface area contributed by atoms with E-state index in [2.05, 4.69) is 32.6 Å². The zero-order valence-electron chi connectivity index (χ0n) is 13.7. The number of hydrogen-bond donors (Lipinski definition) is 3. The summed E-state index contributed by atoms with van der Waals surface area (Å²) in [5.74, 6) is 0.173. The van der Waals surface area contributed by atoms with E-state index in [1.165, 1.54) is 12.3 Å². The van der Waals surface area contributed by atoms with Gasteiger partial charge in [-0.3, -0.25) is 4.68 Å². The summed E-state index contributed by atoms with van der Waals surface area (Å²) in [5.41, 5.74) is 0.974.